The maximum absolute atomic E-state index is 13.7. The first-order valence-corrected chi connectivity index (χ1v) is 6.87. The lowest BCUT2D eigenvalue weighted by Crippen LogP contribution is -2.40. The third kappa shape index (κ3) is 3.13. The molecule has 2 rings (SSSR count). The zero-order valence-corrected chi connectivity index (χ0v) is 11.3. The van der Waals surface area contributed by atoms with Crippen molar-refractivity contribution in [2.45, 2.75) is 38.1 Å². The Morgan fingerprint density at radius 3 is 2.95 bits per heavy atom. The van der Waals surface area contributed by atoms with Crippen LogP contribution in [0.3, 0.4) is 0 Å². The van der Waals surface area contributed by atoms with E-state index >= 15 is 0 Å². The van der Waals surface area contributed by atoms with Crippen LogP contribution in [0.25, 0.3) is 0 Å². The summed E-state index contributed by atoms with van der Waals surface area (Å²) < 4.78 is 13.7. The number of nitrogens with zero attached hydrogens (tertiary/aromatic N) is 1. The molecule has 0 saturated carbocycles. The highest BCUT2D eigenvalue weighted by molar-refractivity contribution is 5.77. The number of likely N-dealkylation sites (tertiary alicyclic amines) is 1. The van der Waals surface area contributed by atoms with Gasteiger partial charge in [-0.1, -0.05) is 25.1 Å². The number of amides is 1. The van der Waals surface area contributed by atoms with Gasteiger partial charge in [0.15, 0.2) is 0 Å². The summed E-state index contributed by atoms with van der Waals surface area (Å²) in [4.78, 5) is 14.1. The van der Waals surface area contributed by atoms with Crippen molar-refractivity contribution in [1.29, 1.82) is 0 Å². The summed E-state index contributed by atoms with van der Waals surface area (Å²) in [6.07, 6.45) is 2.34. The van der Waals surface area contributed by atoms with E-state index < -0.39 is 0 Å². The number of benzene rings is 1. The second-order valence-corrected chi connectivity index (χ2v) is 5.25. The molecule has 0 aromatic heterocycles. The summed E-state index contributed by atoms with van der Waals surface area (Å²) in [6.45, 7) is 3.19. The van der Waals surface area contributed by atoms with Crippen molar-refractivity contribution in [2.75, 3.05) is 13.1 Å². The summed E-state index contributed by atoms with van der Waals surface area (Å²) >= 11 is 0. The summed E-state index contributed by atoms with van der Waals surface area (Å²) in [7, 11) is 0. The van der Waals surface area contributed by atoms with Crippen LogP contribution in [0.5, 0.6) is 0 Å². The van der Waals surface area contributed by atoms with E-state index in [1.54, 1.807) is 18.2 Å². The standard InChI is InChI=1S/C15H21FN2O/c1-11(13-6-2-3-7-14(13)16)9-15(19)18-8-4-5-12(18)10-17/h2-3,6-7,11-12H,4-5,8-10,17H2,1H3. The molecule has 1 heterocycles. The molecule has 4 heteroatoms. The van der Waals surface area contributed by atoms with Crippen molar-refractivity contribution in [3.63, 3.8) is 0 Å². The predicted molar refractivity (Wildman–Crippen MR) is 73.2 cm³/mol. The summed E-state index contributed by atoms with van der Waals surface area (Å²) in [5.41, 5.74) is 6.28. The quantitative estimate of drug-likeness (QED) is 0.906. The number of hydrogen-bond donors (Lipinski definition) is 1. The Bertz CT molecular complexity index is 450. The SMILES string of the molecule is CC(CC(=O)N1CCCC1CN)c1ccccc1F. The molecule has 19 heavy (non-hydrogen) atoms. The van der Waals surface area contributed by atoms with Gasteiger partial charge in [0.2, 0.25) is 5.91 Å². The maximum atomic E-state index is 13.7. The van der Waals surface area contributed by atoms with E-state index in [1.807, 2.05) is 11.8 Å². The second-order valence-electron chi connectivity index (χ2n) is 5.25. The van der Waals surface area contributed by atoms with Crippen molar-refractivity contribution >= 4 is 5.91 Å². The van der Waals surface area contributed by atoms with Gasteiger partial charge >= 0.3 is 0 Å². The lowest BCUT2D eigenvalue weighted by Gasteiger charge is -2.25. The molecule has 1 saturated heterocycles. The van der Waals surface area contributed by atoms with Gasteiger partial charge in [0.1, 0.15) is 5.82 Å². The lowest BCUT2D eigenvalue weighted by molar-refractivity contribution is -0.132. The molecule has 1 aliphatic rings. The molecule has 0 spiro atoms. The smallest absolute Gasteiger partial charge is 0.223 e. The van der Waals surface area contributed by atoms with Crippen LogP contribution in [0.1, 0.15) is 37.7 Å². The molecule has 2 unspecified atom stereocenters. The van der Waals surface area contributed by atoms with Crippen LogP contribution in [0.15, 0.2) is 24.3 Å². The van der Waals surface area contributed by atoms with E-state index in [2.05, 4.69) is 0 Å². The Balaban J connectivity index is 2.01. The van der Waals surface area contributed by atoms with E-state index in [-0.39, 0.29) is 23.7 Å². The monoisotopic (exact) mass is 264 g/mol. The number of carbonyl (C=O) groups excluding carboxylic acids is 1. The third-order valence-corrected chi connectivity index (χ3v) is 3.89. The van der Waals surface area contributed by atoms with Crippen molar-refractivity contribution in [1.82, 2.24) is 4.90 Å². The normalized spacial score (nSPS) is 20.6. The van der Waals surface area contributed by atoms with Gasteiger partial charge in [0, 0.05) is 25.6 Å². The molecule has 1 aliphatic heterocycles. The molecule has 1 amide bonds. The predicted octanol–water partition coefficient (Wildman–Crippen LogP) is 2.27. The van der Waals surface area contributed by atoms with Crippen LogP contribution in [-0.4, -0.2) is 29.9 Å². The number of nitrogens with two attached hydrogens (primary N) is 1. The number of hydrogen-bond acceptors (Lipinski definition) is 2. The molecular weight excluding hydrogens is 243 g/mol. The van der Waals surface area contributed by atoms with Gasteiger partial charge in [0.05, 0.1) is 0 Å². The van der Waals surface area contributed by atoms with E-state index in [1.165, 1.54) is 6.07 Å². The van der Waals surface area contributed by atoms with Crippen molar-refractivity contribution < 1.29 is 9.18 Å². The minimum Gasteiger partial charge on any atom is -0.338 e. The second kappa shape index (κ2) is 6.15. The van der Waals surface area contributed by atoms with Gasteiger partial charge in [-0.3, -0.25) is 4.79 Å². The number of carbonyl (C=O) groups is 1. The van der Waals surface area contributed by atoms with Gasteiger partial charge in [0.25, 0.3) is 0 Å². The van der Waals surface area contributed by atoms with Gasteiger partial charge in [-0.05, 0) is 30.4 Å². The fourth-order valence-corrected chi connectivity index (χ4v) is 2.77. The fourth-order valence-electron chi connectivity index (χ4n) is 2.77. The van der Waals surface area contributed by atoms with Crippen LogP contribution in [-0.2, 0) is 4.79 Å². The highest BCUT2D eigenvalue weighted by atomic mass is 19.1. The van der Waals surface area contributed by atoms with E-state index in [9.17, 15) is 9.18 Å². The molecule has 1 fully saturated rings. The molecule has 0 bridgehead atoms. The highest BCUT2D eigenvalue weighted by Gasteiger charge is 2.28. The molecule has 3 nitrogen and oxygen atoms in total. The van der Waals surface area contributed by atoms with E-state index in [0.717, 1.165) is 19.4 Å². The number of halogens is 1. The van der Waals surface area contributed by atoms with Crippen molar-refractivity contribution in [2.24, 2.45) is 5.73 Å². The first kappa shape index (κ1) is 14.0. The molecule has 104 valence electrons. The maximum Gasteiger partial charge on any atom is 0.223 e. The van der Waals surface area contributed by atoms with Gasteiger partial charge in [-0.15, -0.1) is 0 Å². The van der Waals surface area contributed by atoms with Gasteiger partial charge in [-0.2, -0.15) is 0 Å². The molecule has 2 N–H and O–H groups in total. The fraction of sp³-hybridized carbons (Fsp3) is 0.533. The Hall–Kier alpha value is -1.42. The first-order valence-electron chi connectivity index (χ1n) is 6.87. The highest BCUT2D eigenvalue weighted by Crippen LogP contribution is 2.25. The molecule has 1 aromatic carbocycles. The molecular formula is C15H21FN2O. The first-order chi connectivity index (χ1) is 9.13. The van der Waals surface area contributed by atoms with Crippen molar-refractivity contribution in [3.8, 4) is 0 Å². The average molecular weight is 264 g/mol. The van der Waals surface area contributed by atoms with Gasteiger partial charge < -0.3 is 10.6 Å². The third-order valence-electron chi connectivity index (χ3n) is 3.89. The van der Waals surface area contributed by atoms with Crippen LogP contribution in [0, 0.1) is 5.82 Å². The Labute approximate surface area is 113 Å². The van der Waals surface area contributed by atoms with Crippen LogP contribution < -0.4 is 5.73 Å². The number of rotatable bonds is 4. The van der Waals surface area contributed by atoms with Crippen LogP contribution in [0.2, 0.25) is 0 Å². The molecule has 2 atom stereocenters. The van der Waals surface area contributed by atoms with E-state index in [4.69, 9.17) is 5.73 Å². The summed E-state index contributed by atoms with van der Waals surface area (Å²) in [6, 6.07) is 6.82. The van der Waals surface area contributed by atoms with Crippen LogP contribution >= 0.6 is 0 Å². The minimum atomic E-state index is -0.236. The molecule has 0 radical (unpaired) electrons. The topological polar surface area (TPSA) is 46.3 Å². The van der Waals surface area contributed by atoms with Crippen LogP contribution in [0.4, 0.5) is 4.39 Å². The molecule has 1 aromatic rings. The molecule has 0 aliphatic carbocycles. The Morgan fingerprint density at radius 1 is 1.53 bits per heavy atom. The van der Waals surface area contributed by atoms with Gasteiger partial charge in [-0.25, -0.2) is 4.39 Å². The van der Waals surface area contributed by atoms with Crippen molar-refractivity contribution in [3.05, 3.63) is 35.6 Å². The Kier molecular flexibility index (Phi) is 4.53. The average Bonchev–Trinajstić information content (AvgIpc) is 2.87. The summed E-state index contributed by atoms with van der Waals surface area (Å²) in [5, 5.41) is 0. The Morgan fingerprint density at radius 2 is 2.26 bits per heavy atom. The van der Waals surface area contributed by atoms with E-state index in [0.29, 0.717) is 18.5 Å². The zero-order chi connectivity index (χ0) is 13.8. The zero-order valence-electron chi connectivity index (χ0n) is 11.3. The summed E-state index contributed by atoms with van der Waals surface area (Å²) in [5.74, 6) is -0.254. The minimum absolute atomic E-state index is 0.0868. The lowest BCUT2D eigenvalue weighted by atomic mass is 9.96. The largest absolute Gasteiger partial charge is 0.338 e.